The van der Waals surface area contributed by atoms with Gasteiger partial charge >= 0.3 is 0 Å². The van der Waals surface area contributed by atoms with E-state index in [1.807, 2.05) is 0 Å². The van der Waals surface area contributed by atoms with Gasteiger partial charge < -0.3 is 9.53 Å². The van der Waals surface area contributed by atoms with Crippen molar-refractivity contribution in [3.63, 3.8) is 0 Å². The van der Waals surface area contributed by atoms with Gasteiger partial charge in [-0.3, -0.25) is 10.0 Å². The predicted octanol–water partition coefficient (Wildman–Crippen LogP) is -0.514. The van der Waals surface area contributed by atoms with Crippen LogP contribution in [0.25, 0.3) is 0 Å². The SMILES string of the molecule is CC(OCCC=O)C(=O)NO. The molecule has 0 aliphatic rings. The summed E-state index contributed by atoms with van der Waals surface area (Å²) in [5.74, 6) is -0.615. The van der Waals surface area contributed by atoms with Crippen LogP contribution < -0.4 is 5.48 Å². The molecule has 2 N–H and O–H groups in total. The van der Waals surface area contributed by atoms with Crippen LogP contribution in [0.15, 0.2) is 0 Å². The Balaban J connectivity index is 3.43. The van der Waals surface area contributed by atoms with Gasteiger partial charge in [-0.15, -0.1) is 0 Å². The predicted molar refractivity (Wildman–Crippen MR) is 36.0 cm³/mol. The lowest BCUT2D eigenvalue weighted by atomic mass is 10.4. The van der Waals surface area contributed by atoms with Crippen LogP contribution in [0.3, 0.4) is 0 Å². The van der Waals surface area contributed by atoms with Crippen molar-refractivity contribution >= 4 is 12.2 Å². The lowest BCUT2D eigenvalue weighted by molar-refractivity contribution is -0.140. The molecule has 0 aliphatic heterocycles. The van der Waals surface area contributed by atoms with Gasteiger partial charge in [-0.2, -0.15) is 0 Å². The van der Waals surface area contributed by atoms with E-state index in [1.165, 1.54) is 12.4 Å². The maximum atomic E-state index is 10.5. The zero-order valence-electron chi connectivity index (χ0n) is 6.24. The van der Waals surface area contributed by atoms with Crippen molar-refractivity contribution in [1.82, 2.24) is 5.48 Å². The van der Waals surface area contributed by atoms with Crippen molar-refractivity contribution < 1.29 is 19.5 Å². The molecule has 0 aromatic heterocycles. The summed E-state index contributed by atoms with van der Waals surface area (Å²) < 4.78 is 4.83. The van der Waals surface area contributed by atoms with Crippen molar-refractivity contribution in [2.45, 2.75) is 19.4 Å². The summed E-state index contributed by atoms with van der Waals surface area (Å²) in [5, 5.41) is 8.11. The average Bonchev–Trinajstić information content (AvgIpc) is 2.03. The molecule has 0 spiro atoms. The molecule has 0 heterocycles. The van der Waals surface area contributed by atoms with Gasteiger partial charge in [0.05, 0.1) is 6.61 Å². The van der Waals surface area contributed by atoms with E-state index in [2.05, 4.69) is 0 Å². The number of ether oxygens (including phenoxy) is 1. The van der Waals surface area contributed by atoms with Crippen LogP contribution in [0.4, 0.5) is 0 Å². The molecule has 0 radical (unpaired) electrons. The fraction of sp³-hybridized carbons (Fsp3) is 0.667. The Bertz CT molecular complexity index is 137. The van der Waals surface area contributed by atoms with Crippen molar-refractivity contribution in [1.29, 1.82) is 0 Å². The first-order valence-corrected chi connectivity index (χ1v) is 3.21. The normalized spacial score (nSPS) is 12.2. The minimum atomic E-state index is -0.722. The molecule has 0 saturated heterocycles. The Morgan fingerprint density at radius 3 is 2.91 bits per heavy atom. The highest BCUT2D eigenvalue weighted by atomic mass is 16.5. The third kappa shape index (κ3) is 4.46. The van der Waals surface area contributed by atoms with Crippen LogP contribution in [0.1, 0.15) is 13.3 Å². The summed E-state index contributed by atoms with van der Waals surface area (Å²) in [4.78, 5) is 20.3. The highest BCUT2D eigenvalue weighted by molar-refractivity contribution is 5.79. The lowest BCUT2D eigenvalue weighted by Crippen LogP contribution is -2.32. The van der Waals surface area contributed by atoms with Gasteiger partial charge in [-0.05, 0) is 6.92 Å². The maximum absolute atomic E-state index is 10.5. The van der Waals surface area contributed by atoms with Crippen molar-refractivity contribution in [2.24, 2.45) is 0 Å². The molecule has 64 valence electrons. The van der Waals surface area contributed by atoms with Crippen LogP contribution in [0.5, 0.6) is 0 Å². The molecule has 0 aliphatic carbocycles. The zero-order valence-corrected chi connectivity index (χ0v) is 6.24. The second kappa shape index (κ2) is 5.82. The number of aldehydes is 1. The lowest BCUT2D eigenvalue weighted by Gasteiger charge is -2.08. The molecule has 1 unspecified atom stereocenters. The van der Waals surface area contributed by atoms with E-state index >= 15 is 0 Å². The number of carbonyl (C=O) groups excluding carboxylic acids is 2. The zero-order chi connectivity index (χ0) is 8.69. The summed E-state index contributed by atoms with van der Waals surface area (Å²) in [6, 6.07) is 0. The number of carbonyl (C=O) groups is 2. The molecule has 0 aromatic rings. The van der Waals surface area contributed by atoms with Crippen LogP contribution >= 0.6 is 0 Å². The number of hydrogen-bond donors (Lipinski definition) is 2. The van der Waals surface area contributed by atoms with E-state index in [4.69, 9.17) is 9.94 Å². The Morgan fingerprint density at radius 2 is 2.45 bits per heavy atom. The van der Waals surface area contributed by atoms with E-state index in [9.17, 15) is 9.59 Å². The Kier molecular flexibility index (Phi) is 5.32. The van der Waals surface area contributed by atoms with E-state index in [-0.39, 0.29) is 13.0 Å². The molecule has 5 nitrogen and oxygen atoms in total. The monoisotopic (exact) mass is 161 g/mol. The van der Waals surface area contributed by atoms with Gasteiger partial charge in [0.25, 0.3) is 5.91 Å². The highest BCUT2D eigenvalue weighted by Crippen LogP contribution is 1.90. The second-order valence-electron chi connectivity index (χ2n) is 1.94. The largest absolute Gasteiger partial charge is 0.368 e. The topological polar surface area (TPSA) is 75.6 Å². The van der Waals surface area contributed by atoms with Crippen LogP contribution in [0, 0.1) is 0 Å². The van der Waals surface area contributed by atoms with Crippen molar-refractivity contribution in [3.05, 3.63) is 0 Å². The fourth-order valence-electron chi connectivity index (χ4n) is 0.460. The van der Waals surface area contributed by atoms with E-state index < -0.39 is 12.0 Å². The second-order valence-corrected chi connectivity index (χ2v) is 1.94. The average molecular weight is 161 g/mol. The molecule has 0 saturated carbocycles. The van der Waals surface area contributed by atoms with E-state index in [0.29, 0.717) is 6.29 Å². The Labute approximate surface area is 64.3 Å². The third-order valence-corrected chi connectivity index (χ3v) is 1.08. The number of amides is 1. The number of hydrogen-bond acceptors (Lipinski definition) is 4. The molecule has 0 aromatic carbocycles. The maximum Gasteiger partial charge on any atom is 0.272 e. The van der Waals surface area contributed by atoms with E-state index in [1.54, 1.807) is 0 Å². The quantitative estimate of drug-likeness (QED) is 0.246. The third-order valence-electron chi connectivity index (χ3n) is 1.08. The van der Waals surface area contributed by atoms with Gasteiger partial charge in [0.2, 0.25) is 0 Å². The van der Waals surface area contributed by atoms with E-state index in [0.717, 1.165) is 0 Å². The molecule has 0 fully saturated rings. The molecule has 0 rings (SSSR count). The van der Waals surface area contributed by atoms with Crippen molar-refractivity contribution in [3.8, 4) is 0 Å². The molecule has 1 amide bonds. The smallest absolute Gasteiger partial charge is 0.272 e. The van der Waals surface area contributed by atoms with Gasteiger partial charge in [-0.25, -0.2) is 5.48 Å². The van der Waals surface area contributed by atoms with Gasteiger partial charge in [0, 0.05) is 6.42 Å². The summed E-state index contributed by atoms with van der Waals surface area (Å²) in [6.07, 6.45) is 0.229. The summed E-state index contributed by atoms with van der Waals surface area (Å²) in [6.45, 7) is 1.68. The number of nitrogens with one attached hydrogen (secondary N) is 1. The molecule has 1 atom stereocenters. The molecule has 11 heavy (non-hydrogen) atoms. The highest BCUT2D eigenvalue weighted by Gasteiger charge is 2.10. The first-order valence-electron chi connectivity index (χ1n) is 3.21. The first-order chi connectivity index (χ1) is 5.22. The minimum absolute atomic E-state index is 0.193. The summed E-state index contributed by atoms with van der Waals surface area (Å²) in [5.41, 5.74) is 1.44. The van der Waals surface area contributed by atoms with Gasteiger partial charge in [0.15, 0.2) is 0 Å². The van der Waals surface area contributed by atoms with Gasteiger partial charge in [0.1, 0.15) is 12.4 Å². The number of hydroxylamine groups is 1. The van der Waals surface area contributed by atoms with Crippen LogP contribution in [-0.4, -0.2) is 30.1 Å². The Morgan fingerprint density at radius 1 is 1.82 bits per heavy atom. The van der Waals surface area contributed by atoms with Crippen molar-refractivity contribution in [2.75, 3.05) is 6.61 Å². The van der Waals surface area contributed by atoms with Crippen LogP contribution in [0.2, 0.25) is 0 Å². The number of rotatable bonds is 5. The molecule has 0 bridgehead atoms. The molecule has 5 heteroatoms. The van der Waals surface area contributed by atoms with Crippen LogP contribution in [-0.2, 0) is 14.3 Å². The summed E-state index contributed by atoms with van der Waals surface area (Å²) in [7, 11) is 0. The minimum Gasteiger partial charge on any atom is -0.368 e. The fourth-order valence-corrected chi connectivity index (χ4v) is 0.460. The summed E-state index contributed by atoms with van der Waals surface area (Å²) >= 11 is 0. The first kappa shape index (κ1) is 10.1. The Hall–Kier alpha value is -0.940. The van der Waals surface area contributed by atoms with Gasteiger partial charge in [-0.1, -0.05) is 0 Å². The molecular weight excluding hydrogens is 150 g/mol. The molecular formula is C6H11NO4. The standard InChI is InChI=1S/C6H11NO4/c1-5(6(9)7-10)11-4-2-3-8/h3,5,10H,2,4H2,1H3,(H,7,9).